The minimum atomic E-state index is 0.769. The highest BCUT2D eigenvalue weighted by Crippen LogP contribution is 2.26. The zero-order chi connectivity index (χ0) is 13.3. The molecular weight excluding hydrogens is 230 g/mol. The minimum absolute atomic E-state index is 0.769. The molecule has 19 heavy (non-hydrogen) atoms. The molecule has 1 fully saturated rings. The van der Waals surface area contributed by atoms with Gasteiger partial charge in [-0.05, 0) is 43.7 Å². The Morgan fingerprint density at radius 2 is 1.89 bits per heavy atom. The molecule has 106 valence electrons. The van der Waals surface area contributed by atoms with Crippen molar-refractivity contribution in [2.45, 2.75) is 64.3 Å². The Balaban J connectivity index is 1.66. The lowest BCUT2D eigenvalue weighted by Gasteiger charge is -2.16. The molecule has 2 atom stereocenters. The highest BCUT2D eigenvalue weighted by Gasteiger charge is 2.17. The van der Waals surface area contributed by atoms with Crippen molar-refractivity contribution in [3.05, 3.63) is 35.9 Å². The molecule has 0 aromatic heterocycles. The quantitative estimate of drug-likeness (QED) is 0.738. The molecule has 0 heterocycles. The van der Waals surface area contributed by atoms with Crippen LogP contribution in [0.4, 0.5) is 0 Å². The molecule has 1 N–H and O–H groups in total. The highest BCUT2D eigenvalue weighted by atomic mass is 14.9. The lowest BCUT2D eigenvalue weighted by molar-refractivity contribution is 0.411. The highest BCUT2D eigenvalue weighted by molar-refractivity contribution is 5.14. The molecule has 1 saturated carbocycles. The summed E-state index contributed by atoms with van der Waals surface area (Å²) >= 11 is 0. The van der Waals surface area contributed by atoms with Gasteiger partial charge in [-0.15, -0.1) is 0 Å². The minimum Gasteiger partial charge on any atom is -0.314 e. The van der Waals surface area contributed by atoms with Gasteiger partial charge in [0.25, 0.3) is 0 Å². The van der Waals surface area contributed by atoms with E-state index in [1.54, 1.807) is 0 Å². The number of benzene rings is 1. The zero-order valence-corrected chi connectivity index (χ0v) is 12.4. The van der Waals surface area contributed by atoms with Gasteiger partial charge < -0.3 is 5.32 Å². The van der Waals surface area contributed by atoms with Gasteiger partial charge in [-0.3, -0.25) is 0 Å². The molecule has 1 aromatic carbocycles. The fraction of sp³-hybridized carbons (Fsp3) is 0.667. The van der Waals surface area contributed by atoms with Crippen LogP contribution in [0.15, 0.2) is 30.3 Å². The molecule has 0 amide bonds. The number of nitrogens with one attached hydrogen (secondary N) is 1. The van der Waals surface area contributed by atoms with Crippen molar-refractivity contribution in [1.29, 1.82) is 0 Å². The topological polar surface area (TPSA) is 12.0 Å². The Labute approximate surface area is 118 Å². The van der Waals surface area contributed by atoms with E-state index in [-0.39, 0.29) is 0 Å². The van der Waals surface area contributed by atoms with E-state index in [9.17, 15) is 0 Å². The van der Waals surface area contributed by atoms with Crippen molar-refractivity contribution in [2.75, 3.05) is 6.54 Å². The molecule has 1 aliphatic carbocycles. The Morgan fingerprint density at radius 3 is 2.68 bits per heavy atom. The van der Waals surface area contributed by atoms with Crippen LogP contribution in [0.2, 0.25) is 0 Å². The molecule has 2 rings (SSSR count). The van der Waals surface area contributed by atoms with Gasteiger partial charge in [-0.25, -0.2) is 0 Å². The lowest BCUT2D eigenvalue weighted by Crippen LogP contribution is -2.30. The van der Waals surface area contributed by atoms with Gasteiger partial charge in [0.2, 0.25) is 0 Å². The van der Waals surface area contributed by atoms with Crippen molar-refractivity contribution in [3.8, 4) is 0 Å². The van der Waals surface area contributed by atoms with Crippen LogP contribution in [-0.4, -0.2) is 12.6 Å². The van der Waals surface area contributed by atoms with Gasteiger partial charge in [-0.2, -0.15) is 0 Å². The number of hydrogen-bond acceptors (Lipinski definition) is 1. The average Bonchev–Trinajstić information content (AvgIpc) is 2.66. The molecule has 0 spiro atoms. The Hall–Kier alpha value is -0.820. The predicted molar refractivity (Wildman–Crippen MR) is 83.4 cm³/mol. The summed E-state index contributed by atoms with van der Waals surface area (Å²) in [7, 11) is 0. The van der Waals surface area contributed by atoms with Crippen LogP contribution in [0.5, 0.6) is 0 Å². The molecule has 0 saturated heterocycles. The van der Waals surface area contributed by atoms with Crippen LogP contribution in [0.25, 0.3) is 0 Å². The number of hydrogen-bond donors (Lipinski definition) is 1. The first-order valence-corrected chi connectivity index (χ1v) is 8.15. The summed E-state index contributed by atoms with van der Waals surface area (Å²) in [4.78, 5) is 0. The van der Waals surface area contributed by atoms with Crippen LogP contribution < -0.4 is 5.32 Å². The first-order chi connectivity index (χ1) is 9.38. The third-order valence-corrected chi connectivity index (χ3v) is 4.47. The molecule has 0 aliphatic heterocycles. The van der Waals surface area contributed by atoms with E-state index in [1.807, 2.05) is 0 Å². The van der Waals surface area contributed by atoms with E-state index in [4.69, 9.17) is 0 Å². The standard InChI is InChI=1S/C18H29N/c1-2-7-16-10-6-11-18(13-12-16)19-15-14-17-8-4-3-5-9-17/h3-5,8-9,16,18-19H,2,6-7,10-15H2,1H3. The molecule has 0 bridgehead atoms. The maximum absolute atomic E-state index is 3.77. The van der Waals surface area contributed by atoms with Gasteiger partial charge >= 0.3 is 0 Å². The monoisotopic (exact) mass is 259 g/mol. The van der Waals surface area contributed by atoms with E-state index in [0.29, 0.717) is 0 Å². The first-order valence-electron chi connectivity index (χ1n) is 8.15. The van der Waals surface area contributed by atoms with Gasteiger partial charge in [0, 0.05) is 6.04 Å². The predicted octanol–water partition coefficient (Wildman–Crippen LogP) is 4.57. The molecular formula is C18H29N. The van der Waals surface area contributed by atoms with Gasteiger partial charge in [0.15, 0.2) is 0 Å². The molecule has 2 unspecified atom stereocenters. The maximum atomic E-state index is 3.77. The summed E-state index contributed by atoms with van der Waals surface area (Å²) in [5, 5.41) is 3.77. The fourth-order valence-electron chi connectivity index (χ4n) is 3.34. The van der Waals surface area contributed by atoms with Gasteiger partial charge in [0.1, 0.15) is 0 Å². The van der Waals surface area contributed by atoms with E-state index >= 15 is 0 Å². The average molecular weight is 259 g/mol. The summed E-state index contributed by atoms with van der Waals surface area (Å²) < 4.78 is 0. The van der Waals surface area contributed by atoms with E-state index in [1.165, 1.54) is 50.5 Å². The molecule has 1 nitrogen and oxygen atoms in total. The Bertz CT molecular complexity index is 333. The van der Waals surface area contributed by atoms with Crippen molar-refractivity contribution >= 4 is 0 Å². The normalized spacial score (nSPS) is 24.1. The smallest absolute Gasteiger partial charge is 0.00672 e. The van der Waals surface area contributed by atoms with Crippen molar-refractivity contribution in [1.82, 2.24) is 5.32 Å². The van der Waals surface area contributed by atoms with E-state index < -0.39 is 0 Å². The van der Waals surface area contributed by atoms with Gasteiger partial charge in [-0.1, -0.05) is 62.9 Å². The van der Waals surface area contributed by atoms with Gasteiger partial charge in [0.05, 0.1) is 0 Å². The Kier molecular flexibility index (Phi) is 6.43. The van der Waals surface area contributed by atoms with Crippen molar-refractivity contribution < 1.29 is 0 Å². The van der Waals surface area contributed by atoms with Crippen molar-refractivity contribution in [3.63, 3.8) is 0 Å². The second-order valence-corrected chi connectivity index (χ2v) is 6.05. The second kappa shape index (κ2) is 8.37. The third-order valence-electron chi connectivity index (χ3n) is 4.47. The van der Waals surface area contributed by atoms with Crippen LogP contribution in [-0.2, 0) is 6.42 Å². The van der Waals surface area contributed by atoms with Crippen LogP contribution in [0.3, 0.4) is 0 Å². The van der Waals surface area contributed by atoms with Crippen LogP contribution in [0, 0.1) is 5.92 Å². The van der Waals surface area contributed by atoms with Crippen molar-refractivity contribution in [2.24, 2.45) is 5.92 Å². The largest absolute Gasteiger partial charge is 0.314 e. The van der Waals surface area contributed by atoms with E-state index in [0.717, 1.165) is 24.9 Å². The van der Waals surface area contributed by atoms with Crippen LogP contribution >= 0.6 is 0 Å². The lowest BCUT2D eigenvalue weighted by atomic mass is 9.95. The molecule has 0 radical (unpaired) electrons. The maximum Gasteiger partial charge on any atom is 0.00672 e. The third kappa shape index (κ3) is 5.36. The summed E-state index contributed by atoms with van der Waals surface area (Å²) in [6, 6.07) is 11.6. The fourth-order valence-corrected chi connectivity index (χ4v) is 3.34. The van der Waals surface area contributed by atoms with E-state index in [2.05, 4.69) is 42.6 Å². The second-order valence-electron chi connectivity index (χ2n) is 6.05. The summed E-state index contributed by atoms with van der Waals surface area (Å²) in [6.07, 6.45) is 11.1. The summed E-state index contributed by atoms with van der Waals surface area (Å²) in [5.74, 6) is 1.01. The SMILES string of the molecule is CCCC1CCCC(NCCc2ccccc2)CC1. The molecule has 1 aliphatic rings. The molecule has 1 heteroatoms. The summed E-state index contributed by atoms with van der Waals surface area (Å²) in [6.45, 7) is 3.45. The summed E-state index contributed by atoms with van der Waals surface area (Å²) in [5.41, 5.74) is 1.45. The number of rotatable bonds is 6. The zero-order valence-electron chi connectivity index (χ0n) is 12.4. The molecule has 1 aromatic rings. The Morgan fingerprint density at radius 1 is 1.05 bits per heavy atom. The van der Waals surface area contributed by atoms with Crippen LogP contribution in [0.1, 0.15) is 57.4 Å². The first kappa shape index (κ1) is 14.6.